The molecule has 7 nitrogen and oxygen atoms in total. The molecule has 3 rings (SSSR count). The molecule has 0 saturated carbocycles. The van der Waals surface area contributed by atoms with Gasteiger partial charge in [-0.3, -0.25) is 9.10 Å². The molecule has 0 aromatic heterocycles. The van der Waals surface area contributed by atoms with Gasteiger partial charge in [-0.2, -0.15) is 0 Å². The van der Waals surface area contributed by atoms with Crippen LogP contribution < -0.4 is 9.62 Å². The average Bonchev–Trinajstić information content (AvgIpc) is 2.80. The Kier molecular flexibility index (Phi) is 6.89. The van der Waals surface area contributed by atoms with Gasteiger partial charge in [0.1, 0.15) is 5.82 Å². The fourth-order valence-corrected chi connectivity index (χ4v) is 3.97. The Morgan fingerprint density at radius 1 is 0.938 bits per heavy atom. The van der Waals surface area contributed by atoms with Gasteiger partial charge >= 0.3 is 5.97 Å². The minimum Gasteiger partial charge on any atom is -0.449 e. The monoisotopic (exact) mass is 456 g/mol. The van der Waals surface area contributed by atoms with E-state index in [2.05, 4.69) is 5.32 Å². The van der Waals surface area contributed by atoms with Gasteiger partial charge < -0.3 is 10.1 Å². The third kappa shape index (κ3) is 5.12. The maximum atomic E-state index is 13.7. The summed E-state index contributed by atoms with van der Waals surface area (Å²) in [5.74, 6) is -2.13. The van der Waals surface area contributed by atoms with Gasteiger partial charge in [-0.1, -0.05) is 30.3 Å². The van der Waals surface area contributed by atoms with E-state index in [0.717, 1.165) is 4.31 Å². The molecule has 0 radical (unpaired) electrons. The number of rotatable bonds is 7. The van der Waals surface area contributed by atoms with Crippen LogP contribution in [-0.4, -0.2) is 33.4 Å². The van der Waals surface area contributed by atoms with Crippen molar-refractivity contribution in [3.63, 3.8) is 0 Å². The standard InChI is InChI=1S/C23H21FN2O5S/c1-16(22(27)25-21-11-7-6-10-20(21)24)31-23(28)17-12-14-19(15-13-17)32(29,30)26(2)18-8-4-3-5-9-18/h3-16H,1-2H3,(H,25,27)/t16-/m1/s1. The summed E-state index contributed by atoms with van der Waals surface area (Å²) < 4.78 is 45.5. The summed E-state index contributed by atoms with van der Waals surface area (Å²) in [6, 6.07) is 19.3. The van der Waals surface area contributed by atoms with E-state index in [1.165, 1.54) is 56.4 Å². The van der Waals surface area contributed by atoms with Gasteiger partial charge in [0.15, 0.2) is 6.10 Å². The van der Waals surface area contributed by atoms with Gasteiger partial charge in [0.05, 0.1) is 21.8 Å². The number of para-hydroxylation sites is 2. The molecule has 0 fully saturated rings. The van der Waals surface area contributed by atoms with Crippen LogP contribution in [0.1, 0.15) is 17.3 Å². The number of sulfonamides is 1. The molecule has 1 N–H and O–H groups in total. The van der Waals surface area contributed by atoms with Crippen LogP contribution in [0.4, 0.5) is 15.8 Å². The molecule has 0 heterocycles. The Labute approximate surface area is 185 Å². The zero-order chi connectivity index (χ0) is 23.3. The van der Waals surface area contributed by atoms with Crippen molar-refractivity contribution in [1.29, 1.82) is 0 Å². The molecule has 32 heavy (non-hydrogen) atoms. The van der Waals surface area contributed by atoms with E-state index in [0.29, 0.717) is 5.69 Å². The van der Waals surface area contributed by atoms with Crippen molar-refractivity contribution in [2.75, 3.05) is 16.7 Å². The fourth-order valence-electron chi connectivity index (χ4n) is 2.78. The molecule has 0 aliphatic rings. The number of carbonyl (C=O) groups is 2. The van der Waals surface area contributed by atoms with E-state index >= 15 is 0 Å². The summed E-state index contributed by atoms with van der Waals surface area (Å²) in [6.45, 7) is 1.35. The number of benzene rings is 3. The number of esters is 1. The van der Waals surface area contributed by atoms with Crippen molar-refractivity contribution in [2.45, 2.75) is 17.9 Å². The Morgan fingerprint density at radius 2 is 1.53 bits per heavy atom. The molecule has 1 atom stereocenters. The van der Waals surface area contributed by atoms with Gasteiger partial charge in [-0.05, 0) is 55.5 Å². The van der Waals surface area contributed by atoms with Crippen LogP contribution in [0, 0.1) is 5.82 Å². The summed E-state index contributed by atoms with van der Waals surface area (Å²) in [6.07, 6.45) is -1.20. The van der Waals surface area contributed by atoms with Gasteiger partial charge in [0.2, 0.25) is 0 Å². The van der Waals surface area contributed by atoms with Crippen molar-refractivity contribution in [3.8, 4) is 0 Å². The lowest BCUT2D eigenvalue weighted by Gasteiger charge is -2.19. The number of carbonyl (C=O) groups excluding carboxylic acids is 2. The summed E-state index contributed by atoms with van der Waals surface area (Å²) in [5, 5.41) is 2.35. The first kappa shape index (κ1) is 23.0. The number of amides is 1. The van der Waals surface area contributed by atoms with Crippen LogP contribution in [0.3, 0.4) is 0 Å². The Balaban J connectivity index is 1.67. The molecule has 0 bridgehead atoms. The molecule has 0 saturated heterocycles. The molecular weight excluding hydrogens is 435 g/mol. The number of anilines is 2. The number of nitrogens with zero attached hydrogens (tertiary/aromatic N) is 1. The molecule has 0 unspecified atom stereocenters. The SMILES string of the molecule is C[C@@H](OC(=O)c1ccc(S(=O)(=O)N(C)c2ccccc2)cc1)C(=O)Nc1ccccc1F. The minimum atomic E-state index is -3.83. The summed E-state index contributed by atoms with van der Waals surface area (Å²) in [5.41, 5.74) is 0.528. The number of nitrogens with one attached hydrogen (secondary N) is 1. The number of halogens is 1. The van der Waals surface area contributed by atoms with Crippen LogP contribution in [0.5, 0.6) is 0 Å². The van der Waals surface area contributed by atoms with Crippen LogP contribution in [0.25, 0.3) is 0 Å². The number of hydrogen-bond donors (Lipinski definition) is 1. The van der Waals surface area contributed by atoms with Crippen molar-refractivity contribution >= 4 is 33.3 Å². The summed E-state index contributed by atoms with van der Waals surface area (Å²) in [4.78, 5) is 24.5. The lowest BCUT2D eigenvalue weighted by molar-refractivity contribution is -0.123. The third-order valence-electron chi connectivity index (χ3n) is 4.65. The predicted molar refractivity (Wildman–Crippen MR) is 118 cm³/mol. The van der Waals surface area contributed by atoms with Gasteiger partial charge in [0.25, 0.3) is 15.9 Å². The lowest BCUT2D eigenvalue weighted by atomic mass is 10.2. The number of ether oxygens (including phenoxy) is 1. The quantitative estimate of drug-likeness (QED) is 0.546. The molecule has 1 amide bonds. The van der Waals surface area contributed by atoms with Crippen molar-refractivity contribution in [1.82, 2.24) is 0 Å². The first-order chi connectivity index (χ1) is 15.2. The first-order valence-electron chi connectivity index (χ1n) is 9.60. The highest BCUT2D eigenvalue weighted by molar-refractivity contribution is 7.92. The largest absolute Gasteiger partial charge is 0.449 e. The van der Waals surface area contributed by atoms with Gasteiger partial charge in [-0.15, -0.1) is 0 Å². The normalized spacial score (nSPS) is 12.0. The fraction of sp³-hybridized carbons (Fsp3) is 0.130. The summed E-state index contributed by atoms with van der Waals surface area (Å²) >= 11 is 0. The molecule has 0 spiro atoms. The van der Waals surface area contributed by atoms with Crippen molar-refractivity contribution in [3.05, 3.63) is 90.2 Å². The minimum absolute atomic E-state index is 0.00857. The van der Waals surface area contributed by atoms with Crippen molar-refractivity contribution in [2.24, 2.45) is 0 Å². The van der Waals surface area contributed by atoms with Crippen LogP contribution >= 0.6 is 0 Å². The molecular formula is C23H21FN2O5S. The van der Waals surface area contributed by atoms with E-state index in [-0.39, 0.29) is 16.1 Å². The highest BCUT2D eigenvalue weighted by Gasteiger charge is 2.23. The number of hydrogen-bond acceptors (Lipinski definition) is 5. The molecule has 166 valence electrons. The van der Waals surface area contributed by atoms with E-state index in [1.807, 2.05) is 0 Å². The maximum Gasteiger partial charge on any atom is 0.338 e. The molecule has 9 heteroatoms. The van der Waals surface area contributed by atoms with E-state index in [9.17, 15) is 22.4 Å². The second-order valence-corrected chi connectivity index (χ2v) is 8.82. The zero-order valence-corrected chi connectivity index (χ0v) is 18.2. The molecule has 3 aromatic rings. The van der Waals surface area contributed by atoms with Crippen LogP contribution in [-0.2, 0) is 19.6 Å². The highest BCUT2D eigenvalue weighted by Crippen LogP contribution is 2.22. The van der Waals surface area contributed by atoms with E-state index < -0.39 is 33.8 Å². The van der Waals surface area contributed by atoms with E-state index in [1.54, 1.807) is 36.4 Å². The van der Waals surface area contributed by atoms with Gasteiger partial charge in [0, 0.05) is 7.05 Å². The Morgan fingerprint density at radius 3 is 2.16 bits per heavy atom. The topological polar surface area (TPSA) is 92.8 Å². The van der Waals surface area contributed by atoms with Crippen LogP contribution in [0.2, 0.25) is 0 Å². The van der Waals surface area contributed by atoms with Crippen LogP contribution in [0.15, 0.2) is 83.8 Å². The van der Waals surface area contributed by atoms with Crippen molar-refractivity contribution < 1.29 is 27.1 Å². The second-order valence-electron chi connectivity index (χ2n) is 6.85. The molecule has 3 aromatic carbocycles. The first-order valence-corrected chi connectivity index (χ1v) is 11.0. The third-order valence-corrected chi connectivity index (χ3v) is 6.45. The molecule has 0 aliphatic heterocycles. The molecule has 0 aliphatic carbocycles. The van der Waals surface area contributed by atoms with E-state index in [4.69, 9.17) is 4.74 Å². The highest BCUT2D eigenvalue weighted by atomic mass is 32.2. The predicted octanol–water partition coefficient (Wildman–Crippen LogP) is 3.83. The smallest absolute Gasteiger partial charge is 0.338 e. The summed E-state index contributed by atoms with van der Waals surface area (Å²) in [7, 11) is -2.39. The Bertz CT molecular complexity index is 1210. The lowest BCUT2D eigenvalue weighted by Crippen LogP contribution is -2.30. The zero-order valence-electron chi connectivity index (χ0n) is 17.4. The van der Waals surface area contributed by atoms with Gasteiger partial charge in [-0.25, -0.2) is 17.6 Å². The average molecular weight is 456 g/mol. The second kappa shape index (κ2) is 9.61. The Hall–Kier alpha value is -3.72. The maximum absolute atomic E-state index is 13.7.